The van der Waals surface area contributed by atoms with Gasteiger partial charge in [-0.25, -0.2) is 8.42 Å². The third-order valence-electron chi connectivity index (χ3n) is 4.33. The summed E-state index contributed by atoms with van der Waals surface area (Å²) in [5, 5.41) is 13.2. The van der Waals surface area contributed by atoms with Crippen LogP contribution in [0, 0.1) is 5.92 Å². The van der Waals surface area contributed by atoms with E-state index in [9.17, 15) is 22.9 Å². The highest BCUT2D eigenvalue weighted by Gasteiger charge is 2.39. The molecule has 0 radical (unpaired) electrons. The van der Waals surface area contributed by atoms with Gasteiger partial charge >= 0.3 is 14.8 Å². The Kier molecular flexibility index (Phi) is 19.7. The number of aliphatic hydroxyl groups is 1. The molecule has 11 nitrogen and oxygen atoms in total. The van der Waals surface area contributed by atoms with Crippen molar-refractivity contribution in [3.8, 4) is 0 Å². The molecule has 0 aromatic carbocycles. The molecule has 0 heterocycles. The quantitative estimate of drug-likeness (QED) is 0.0805. The Morgan fingerprint density at radius 1 is 1.12 bits per heavy atom. The molecule has 0 saturated heterocycles. The molecule has 34 heavy (non-hydrogen) atoms. The molecule has 2 atom stereocenters. The standard InChI is InChI=1S/C20H43NO10S2Si/c1-5-29-34(30-6-2,31-7-3)14-8-10-27-16-19(22)15-21-9-12-32-17-18(4)20(23)28-11-13-33(24,25)26/h18-19,21-22H,5-17H2,1-4H3,(H,24,25,26)/p-1. The van der Waals surface area contributed by atoms with Crippen molar-refractivity contribution in [2.75, 3.05) is 70.0 Å². The third-order valence-corrected chi connectivity index (χ3v) is 9.37. The Morgan fingerprint density at radius 2 is 1.74 bits per heavy atom. The van der Waals surface area contributed by atoms with Crippen molar-refractivity contribution in [3.05, 3.63) is 0 Å². The van der Waals surface area contributed by atoms with Crippen molar-refractivity contribution >= 4 is 36.7 Å². The van der Waals surface area contributed by atoms with Crippen molar-refractivity contribution in [2.24, 2.45) is 5.92 Å². The molecule has 0 aliphatic rings. The number of aliphatic hydroxyl groups excluding tert-OH is 1. The number of rotatable bonds is 23. The summed E-state index contributed by atoms with van der Waals surface area (Å²) in [6.45, 7) is 10.3. The lowest BCUT2D eigenvalue weighted by atomic mass is 10.2. The molecule has 0 bridgehead atoms. The minimum Gasteiger partial charge on any atom is -0.748 e. The molecule has 0 spiro atoms. The van der Waals surface area contributed by atoms with Crippen LogP contribution in [0.4, 0.5) is 0 Å². The molecule has 0 saturated carbocycles. The fourth-order valence-corrected chi connectivity index (χ4v) is 6.61. The number of esters is 1. The predicted molar refractivity (Wildman–Crippen MR) is 132 cm³/mol. The van der Waals surface area contributed by atoms with Crippen LogP contribution in [0.5, 0.6) is 0 Å². The molecule has 0 aromatic heterocycles. The van der Waals surface area contributed by atoms with E-state index in [0.717, 1.165) is 12.2 Å². The number of carbonyl (C=O) groups is 1. The van der Waals surface area contributed by atoms with E-state index < -0.39 is 49.3 Å². The van der Waals surface area contributed by atoms with Crippen LogP contribution in [-0.2, 0) is 37.7 Å². The monoisotopic (exact) mass is 548 g/mol. The van der Waals surface area contributed by atoms with Crippen molar-refractivity contribution < 1.29 is 45.6 Å². The van der Waals surface area contributed by atoms with Gasteiger partial charge in [0.15, 0.2) is 0 Å². The molecule has 2 unspecified atom stereocenters. The zero-order valence-electron chi connectivity index (χ0n) is 20.8. The molecular formula is C20H42NO10S2Si-. The van der Waals surface area contributed by atoms with E-state index in [0.29, 0.717) is 51.3 Å². The van der Waals surface area contributed by atoms with Crippen molar-refractivity contribution in [3.63, 3.8) is 0 Å². The Balaban J connectivity index is 3.84. The molecule has 0 amide bonds. The largest absolute Gasteiger partial charge is 0.748 e. The highest BCUT2D eigenvalue weighted by molar-refractivity contribution is 7.99. The smallest absolute Gasteiger partial charge is 0.501 e. The number of hydrogen-bond donors (Lipinski definition) is 2. The average molecular weight is 549 g/mol. The molecule has 0 aliphatic carbocycles. The second-order valence-corrected chi connectivity index (χ2v) is 12.8. The number of nitrogens with one attached hydrogen (secondary N) is 1. The van der Waals surface area contributed by atoms with Gasteiger partial charge in [0.05, 0.1) is 34.5 Å². The number of hydrogen-bond acceptors (Lipinski definition) is 12. The van der Waals surface area contributed by atoms with E-state index >= 15 is 0 Å². The van der Waals surface area contributed by atoms with Gasteiger partial charge in [0.25, 0.3) is 0 Å². The molecule has 2 N–H and O–H groups in total. The Bertz CT molecular complexity index is 609. The first-order valence-corrected chi connectivity index (χ1v) is 16.3. The predicted octanol–water partition coefficient (Wildman–Crippen LogP) is 0.850. The van der Waals surface area contributed by atoms with Gasteiger partial charge in [-0.1, -0.05) is 6.92 Å². The number of carbonyl (C=O) groups excluding carboxylic acids is 1. The lowest BCUT2D eigenvalue weighted by Gasteiger charge is -2.28. The van der Waals surface area contributed by atoms with Gasteiger partial charge in [-0.15, -0.1) is 0 Å². The van der Waals surface area contributed by atoms with Gasteiger partial charge in [0.2, 0.25) is 0 Å². The van der Waals surface area contributed by atoms with Crippen LogP contribution in [0.1, 0.15) is 34.1 Å². The summed E-state index contributed by atoms with van der Waals surface area (Å²) < 4.78 is 59.2. The number of thioether (sulfide) groups is 1. The van der Waals surface area contributed by atoms with Crippen molar-refractivity contribution in [2.45, 2.75) is 46.3 Å². The summed E-state index contributed by atoms with van der Waals surface area (Å²) in [6.07, 6.45) is 0.0833. The first-order valence-electron chi connectivity index (χ1n) is 11.6. The van der Waals surface area contributed by atoms with Crippen LogP contribution >= 0.6 is 11.8 Å². The molecule has 0 fully saturated rings. The lowest BCUT2D eigenvalue weighted by molar-refractivity contribution is -0.146. The number of ether oxygens (including phenoxy) is 2. The fourth-order valence-electron chi connectivity index (χ4n) is 2.80. The maximum atomic E-state index is 11.7. The SMILES string of the molecule is CCO[Si](CCCOCC(O)CNCCSCC(C)C(=O)OCCS(=O)(=O)[O-])(OCC)OCC. The van der Waals surface area contributed by atoms with Gasteiger partial charge in [0.1, 0.15) is 6.61 Å². The van der Waals surface area contributed by atoms with Gasteiger partial charge in [0, 0.05) is 57.1 Å². The molecule has 0 aliphatic heterocycles. The molecule has 14 heteroatoms. The molecular weight excluding hydrogens is 506 g/mol. The topological polar surface area (TPSA) is 153 Å². The fraction of sp³-hybridized carbons (Fsp3) is 0.950. The highest BCUT2D eigenvalue weighted by Crippen LogP contribution is 2.18. The van der Waals surface area contributed by atoms with Crippen LogP contribution in [0.15, 0.2) is 0 Å². The van der Waals surface area contributed by atoms with E-state index in [2.05, 4.69) is 5.32 Å². The maximum absolute atomic E-state index is 11.7. The van der Waals surface area contributed by atoms with Crippen LogP contribution < -0.4 is 5.32 Å². The van der Waals surface area contributed by atoms with E-state index in [-0.39, 0.29) is 6.61 Å². The minimum absolute atomic E-state index is 0.217. The van der Waals surface area contributed by atoms with Gasteiger partial charge < -0.3 is 37.7 Å². The first-order chi connectivity index (χ1) is 16.1. The zero-order valence-corrected chi connectivity index (χ0v) is 23.4. The van der Waals surface area contributed by atoms with Crippen LogP contribution in [-0.4, -0.2) is 109 Å². The van der Waals surface area contributed by atoms with Gasteiger partial charge in [-0.05, 0) is 27.2 Å². The maximum Gasteiger partial charge on any atom is 0.501 e. The van der Waals surface area contributed by atoms with Gasteiger partial charge in [-0.2, -0.15) is 11.8 Å². The van der Waals surface area contributed by atoms with Crippen LogP contribution in [0.2, 0.25) is 6.04 Å². The average Bonchev–Trinajstić information content (AvgIpc) is 2.75. The summed E-state index contributed by atoms with van der Waals surface area (Å²) in [4.78, 5) is 11.7. The molecule has 204 valence electrons. The summed E-state index contributed by atoms with van der Waals surface area (Å²) >= 11 is 1.53. The van der Waals surface area contributed by atoms with Crippen LogP contribution in [0.25, 0.3) is 0 Å². The van der Waals surface area contributed by atoms with Crippen LogP contribution in [0.3, 0.4) is 0 Å². The first kappa shape index (κ1) is 33.7. The van der Waals surface area contributed by atoms with Crippen molar-refractivity contribution in [1.82, 2.24) is 5.32 Å². The summed E-state index contributed by atoms with van der Waals surface area (Å²) in [5.74, 6) is -0.426. The Hall–Kier alpha value is -0.293. The van der Waals surface area contributed by atoms with E-state index in [1.807, 2.05) is 20.8 Å². The van der Waals surface area contributed by atoms with Crippen molar-refractivity contribution in [1.29, 1.82) is 0 Å². The second kappa shape index (κ2) is 19.8. The molecule has 0 rings (SSSR count). The Labute approximate surface area is 209 Å². The summed E-state index contributed by atoms with van der Waals surface area (Å²) in [5.41, 5.74) is 0. The summed E-state index contributed by atoms with van der Waals surface area (Å²) in [6, 6.07) is 0.664. The second-order valence-electron chi connectivity index (χ2n) is 7.42. The molecule has 0 aromatic rings. The zero-order chi connectivity index (χ0) is 25.9. The Morgan fingerprint density at radius 3 is 2.29 bits per heavy atom. The normalized spacial score (nSPS) is 14.2. The van der Waals surface area contributed by atoms with Gasteiger partial charge in [-0.3, -0.25) is 4.79 Å². The van der Waals surface area contributed by atoms with E-state index in [4.69, 9.17) is 22.8 Å². The van der Waals surface area contributed by atoms with E-state index in [1.54, 1.807) is 6.92 Å². The van der Waals surface area contributed by atoms with E-state index in [1.165, 1.54) is 11.8 Å². The highest BCUT2D eigenvalue weighted by atomic mass is 32.2. The lowest BCUT2D eigenvalue weighted by Crippen LogP contribution is -2.46. The summed E-state index contributed by atoms with van der Waals surface area (Å²) in [7, 11) is -7.04. The third kappa shape index (κ3) is 18.0. The minimum atomic E-state index is -4.39.